The van der Waals surface area contributed by atoms with Crippen LogP contribution in [0.2, 0.25) is 0 Å². The number of rotatable bonds is 1. The minimum absolute atomic E-state index is 0.455. The third-order valence-electron chi connectivity index (χ3n) is 0.674. The fourth-order valence-electron chi connectivity index (χ4n) is 0.324. The molecule has 1 aromatic rings. The molecule has 4 nitrogen and oxygen atoms in total. The van der Waals surface area contributed by atoms with Crippen LogP contribution in [0.1, 0.15) is 26.0 Å². The molecular formula is C6H14N4. The Hall–Kier alpha value is -0.900. The van der Waals surface area contributed by atoms with Gasteiger partial charge in [0.2, 0.25) is 0 Å². The molecule has 0 aliphatic carbocycles. The van der Waals surface area contributed by atoms with E-state index in [-0.39, 0.29) is 0 Å². The molecule has 1 rings (SSSR count). The molecule has 0 fully saturated rings. The van der Waals surface area contributed by atoms with Gasteiger partial charge in [0.1, 0.15) is 0 Å². The highest BCUT2D eigenvalue weighted by Gasteiger charge is 1.85. The fourth-order valence-corrected chi connectivity index (χ4v) is 0.324. The minimum Gasteiger partial charge on any atom is -0.325 e. The summed E-state index contributed by atoms with van der Waals surface area (Å²) in [6.07, 6.45) is 2.85. The lowest BCUT2D eigenvalue weighted by Crippen LogP contribution is -1.95. The summed E-state index contributed by atoms with van der Waals surface area (Å²) in [6, 6.07) is 0. The van der Waals surface area contributed by atoms with Gasteiger partial charge in [0.05, 0.1) is 11.9 Å². The standard InChI is InChI=1S/C3H6N4.C3H8/c4-1-3-2-5-7-6-3;1-3-2/h2H,1,4H2,(H,5,6,7);3H2,1-2H3. The second-order valence-electron chi connectivity index (χ2n) is 1.87. The van der Waals surface area contributed by atoms with Crippen molar-refractivity contribution in [2.45, 2.75) is 26.8 Å². The highest BCUT2D eigenvalue weighted by molar-refractivity contribution is 4.87. The maximum Gasteiger partial charge on any atom is 0.0960 e. The third kappa shape index (κ3) is 4.03. The normalized spacial score (nSPS) is 8.30. The highest BCUT2D eigenvalue weighted by atomic mass is 15.3. The van der Waals surface area contributed by atoms with Crippen molar-refractivity contribution in [1.29, 1.82) is 0 Å². The smallest absolute Gasteiger partial charge is 0.0960 e. The first-order valence-electron chi connectivity index (χ1n) is 3.39. The quantitative estimate of drug-likeness (QED) is 0.606. The summed E-state index contributed by atoms with van der Waals surface area (Å²) in [5, 5.41) is 9.65. The molecule has 0 bridgehead atoms. The van der Waals surface area contributed by atoms with Gasteiger partial charge in [-0.1, -0.05) is 20.3 Å². The van der Waals surface area contributed by atoms with Crippen molar-refractivity contribution in [3.63, 3.8) is 0 Å². The monoisotopic (exact) mass is 142 g/mol. The number of hydrogen-bond donors (Lipinski definition) is 2. The van der Waals surface area contributed by atoms with Gasteiger partial charge in [-0.25, -0.2) is 0 Å². The van der Waals surface area contributed by atoms with Gasteiger partial charge in [-0.3, -0.25) is 0 Å². The average Bonchev–Trinajstić information content (AvgIpc) is 2.39. The Labute approximate surface area is 60.8 Å². The molecule has 0 aliphatic heterocycles. The number of hydrogen-bond acceptors (Lipinski definition) is 3. The van der Waals surface area contributed by atoms with Crippen molar-refractivity contribution in [2.24, 2.45) is 5.73 Å². The van der Waals surface area contributed by atoms with E-state index in [1.165, 1.54) is 6.42 Å². The summed E-state index contributed by atoms with van der Waals surface area (Å²) in [5.41, 5.74) is 5.96. The van der Waals surface area contributed by atoms with E-state index in [1.54, 1.807) is 6.20 Å². The van der Waals surface area contributed by atoms with Gasteiger partial charge >= 0.3 is 0 Å². The Morgan fingerprint density at radius 3 is 2.40 bits per heavy atom. The topological polar surface area (TPSA) is 67.6 Å². The van der Waals surface area contributed by atoms with Gasteiger partial charge in [0, 0.05) is 6.54 Å². The van der Waals surface area contributed by atoms with Crippen molar-refractivity contribution >= 4 is 0 Å². The fraction of sp³-hybridized carbons (Fsp3) is 0.667. The van der Waals surface area contributed by atoms with E-state index in [0.29, 0.717) is 6.54 Å². The van der Waals surface area contributed by atoms with E-state index in [0.717, 1.165) is 5.69 Å². The van der Waals surface area contributed by atoms with Crippen LogP contribution in [0.25, 0.3) is 0 Å². The lowest BCUT2D eigenvalue weighted by molar-refractivity contribution is 0.898. The van der Waals surface area contributed by atoms with Crippen molar-refractivity contribution in [3.05, 3.63) is 11.9 Å². The highest BCUT2D eigenvalue weighted by Crippen LogP contribution is 1.80. The van der Waals surface area contributed by atoms with E-state index in [9.17, 15) is 0 Å². The molecule has 0 saturated carbocycles. The van der Waals surface area contributed by atoms with E-state index in [1.807, 2.05) is 0 Å². The Kier molecular flexibility index (Phi) is 5.66. The van der Waals surface area contributed by atoms with E-state index < -0.39 is 0 Å². The van der Waals surface area contributed by atoms with Gasteiger partial charge in [-0.15, -0.1) is 0 Å². The summed E-state index contributed by atoms with van der Waals surface area (Å²) < 4.78 is 0. The number of H-pyrrole nitrogens is 1. The van der Waals surface area contributed by atoms with Gasteiger partial charge in [0.15, 0.2) is 0 Å². The van der Waals surface area contributed by atoms with Crippen LogP contribution in [0.15, 0.2) is 6.20 Å². The van der Waals surface area contributed by atoms with Gasteiger partial charge in [-0.2, -0.15) is 15.4 Å². The van der Waals surface area contributed by atoms with Crippen molar-refractivity contribution < 1.29 is 0 Å². The van der Waals surface area contributed by atoms with Crippen LogP contribution in [0, 0.1) is 0 Å². The molecular weight excluding hydrogens is 128 g/mol. The van der Waals surface area contributed by atoms with Crippen molar-refractivity contribution in [1.82, 2.24) is 15.4 Å². The predicted molar refractivity (Wildman–Crippen MR) is 40.2 cm³/mol. The maximum atomic E-state index is 5.17. The van der Waals surface area contributed by atoms with Crippen molar-refractivity contribution in [2.75, 3.05) is 0 Å². The van der Waals surface area contributed by atoms with Crippen LogP contribution in [0.3, 0.4) is 0 Å². The summed E-state index contributed by atoms with van der Waals surface area (Å²) >= 11 is 0. The number of aromatic amines is 1. The Balaban J connectivity index is 0.000000236. The second kappa shape index (κ2) is 6.22. The molecule has 4 heteroatoms. The molecule has 0 saturated heterocycles. The molecule has 0 radical (unpaired) electrons. The summed E-state index contributed by atoms with van der Waals surface area (Å²) in [4.78, 5) is 0. The number of nitrogens with zero attached hydrogens (tertiary/aromatic N) is 2. The first-order valence-corrected chi connectivity index (χ1v) is 3.39. The average molecular weight is 142 g/mol. The van der Waals surface area contributed by atoms with Crippen LogP contribution in [-0.4, -0.2) is 15.4 Å². The molecule has 0 atom stereocenters. The second-order valence-corrected chi connectivity index (χ2v) is 1.87. The SMILES string of the molecule is CCC.NCc1cn[nH]n1. The van der Waals surface area contributed by atoms with Crippen LogP contribution < -0.4 is 5.73 Å². The molecule has 0 unspecified atom stereocenters. The molecule has 0 aliphatic rings. The molecule has 0 amide bonds. The van der Waals surface area contributed by atoms with Crippen LogP contribution in [-0.2, 0) is 6.54 Å². The van der Waals surface area contributed by atoms with Crippen LogP contribution in [0.4, 0.5) is 0 Å². The summed E-state index contributed by atoms with van der Waals surface area (Å²) in [5.74, 6) is 0. The Morgan fingerprint density at radius 2 is 2.20 bits per heavy atom. The number of nitrogens with two attached hydrogens (primary N) is 1. The molecule has 0 aromatic carbocycles. The Bertz CT molecular complexity index is 135. The molecule has 58 valence electrons. The molecule has 3 N–H and O–H groups in total. The molecule has 1 heterocycles. The van der Waals surface area contributed by atoms with Gasteiger partial charge in [-0.05, 0) is 0 Å². The zero-order chi connectivity index (χ0) is 7.82. The van der Waals surface area contributed by atoms with Crippen LogP contribution in [0.5, 0.6) is 0 Å². The first kappa shape index (κ1) is 9.10. The van der Waals surface area contributed by atoms with Crippen LogP contribution >= 0.6 is 0 Å². The molecule has 10 heavy (non-hydrogen) atoms. The molecule has 1 aromatic heterocycles. The predicted octanol–water partition coefficient (Wildman–Crippen LogP) is 0.680. The minimum atomic E-state index is 0.455. The Morgan fingerprint density at radius 1 is 1.60 bits per heavy atom. The zero-order valence-electron chi connectivity index (χ0n) is 6.46. The lowest BCUT2D eigenvalue weighted by atomic mass is 10.5. The maximum absolute atomic E-state index is 5.17. The third-order valence-corrected chi connectivity index (χ3v) is 0.674. The van der Waals surface area contributed by atoms with Gasteiger partial charge in [0.25, 0.3) is 0 Å². The molecule has 0 spiro atoms. The number of aromatic nitrogens is 3. The van der Waals surface area contributed by atoms with E-state index in [2.05, 4.69) is 29.3 Å². The summed E-state index contributed by atoms with van der Waals surface area (Å²) in [6.45, 7) is 4.70. The largest absolute Gasteiger partial charge is 0.325 e. The zero-order valence-corrected chi connectivity index (χ0v) is 6.46. The summed E-state index contributed by atoms with van der Waals surface area (Å²) in [7, 11) is 0. The van der Waals surface area contributed by atoms with Gasteiger partial charge < -0.3 is 5.73 Å². The van der Waals surface area contributed by atoms with E-state index >= 15 is 0 Å². The lowest BCUT2D eigenvalue weighted by Gasteiger charge is -1.76. The first-order chi connectivity index (χ1) is 4.85. The van der Waals surface area contributed by atoms with Crippen molar-refractivity contribution in [3.8, 4) is 0 Å². The number of nitrogens with one attached hydrogen (secondary N) is 1. The van der Waals surface area contributed by atoms with E-state index in [4.69, 9.17) is 5.73 Å².